The maximum Gasteiger partial charge on any atom is 0.271 e. The molecular weight excluding hydrogens is 364 g/mol. The third-order valence-corrected chi connectivity index (χ3v) is 5.24. The summed E-state index contributed by atoms with van der Waals surface area (Å²) in [6, 6.07) is 13.0. The fourth-order valence-corrected chi connectivity index (χ4v) is 3.52. The number of carbonyl (C=O) groups is 1. The number of aromatic nitrogens is 2. The summed E-state index contributed by atoms with van der Waals surface area (Å²) in [4.78, 5) is 29.5. The first kappa shape index (κ1) is 19.1. The SMILES string of the molecule is CC(C)(C)c1ccc(/C=N\NC(=O)c2ccc3c(=O)n4c(nc3c2)CCC4)cc1. The number of amides is 1. The molecule has 2 aromatic carbocycles. The number of hydrogen-bond donors (Lipinski definition) is 1. The Morgan fingerprint density at radius 3 is 2.66 bits per heavy atom. The van der Waals surface area contributed by atoms with Crippen LogP contribution in [0.25, 0.3) is 10.9 Å². The van der Waals surface area contributed by atoms with Gasteiger partial charge < -0.3 is 0 Å². The van der Waals surface area contributed by atoms with Crippen LogP contribution in [0.3, 0.4) is 0 Å². The Kier molecular flexibility index (Phi) is 4.78. The lowest BCUT2D eigenvalue weighted by atomic mass is 9.87. The van der Waals surface area contributed by atoms with Crippen molar-refractivity contribution >= 4 is 23.0 Å². The van der Waals surface area contributed by atoms with Gasteiger partial charge in [0, 0.05) is 18.5 Å². The average Bonchev–Trinajstić information content (AvgIpc) is 3.16. The van der Waals surface area contributed by atoms with Crippen LogP contribution in [0.1, 0.15) is 54.5 Å². The third kappa shape index (κ3) is 3.83. The molecule has 1 amide bonds. The van der Waals surface area contributed by atoms with Crippen molar-refractivity contribution < 1.29 is 4.79 Å². The molecule has 0 bridgehead atoms. The molecule has 6 nitrogen and oxygen atoms in total. The summed E-state index contributed by atoms with van der Waals surface area (Å²) in [6.07, 6.45) is 3.33. The van der Waals surface area contributed by atoms with Crippen molar-refractivity contribution in [2.45, 2.75) is 45.6 Å². The number of nitrogens with zero attached hydrogens (tertiary/aromatic N) is 3. The topological polar surface area (TPSA) is 76.3 Å². The molecule has 0 unspecified atom stereocenters. The smallest absolute Gasteiger partial charge is 0.271 e. The molecule has 29 heavy (non-hydrogen) atoms. The summed E-state index contributed by atoms with van der Waals surface area (Å²) in [7, 11) is 0. The quantitative estimate of drug-likeness (QED) is 0.552. The molecule has 1 aliphatic rings. The molecule has 0 atom stereocenters. The van der Waals surface area contributed by atoms with Gasteiger partial charge in [-0.05, 0) is 41.2 Å². The van der Waals surface area contributed by atoms with Crippen LogP contribution in [0.4, 0.5) is 0 Å². The molecule has 148 valence electrons. The summed E-state index contributed by atoms with van der Waals surface area (Å²) < 4.78 is 1.72. The van der Waals surface area contributed by atoms with E-state index in [0.717, 1.165) is 24.2 Å². The van der Waals surface area contributed by atoms with Crippen LogP contribution in [0.5, 0.6) is 0 Å². The molecule has 1 aromatic heterocycles. The second kappa shape index (κ2) is 7.28. The van der Waals surface area contributed by atoms with Gasteiger partial charge in [-0.25, -0.2) is 10.4 Å². The predicted molar refractivity (Wildman–Crippen MR) is 115 cm³/mol. The molecule has 4 rings (SSSR count). The molecule has 0 aliphatic carbocycles. The second-order valence-electron chi connectivity index (χ2n) is 8.39. The van der Waals surface area contributed by atoms with Crippen molar-refractivity contribution in [3.63, 3.8) is 0 Å². The van der Waals surface area contributed by atoms with Gasteiger partial charge in [0.1, 0.15) is 5.82 Å². The van der Waals surface area contributed by atoms with Crippen molar-refractivity contribution in [1.82, 2.24) is 15.0 Å². The van der Waals surface area contributed by atoms with Gasteiger partial charge in [-0.1, -0.05) is 45.0 Å². The van der Waals surface area contributed by atoms with Gasteiger partial charge in [0.25, 0.3) is 11.5 Å². The highest BCUT2D eigenvalue weighted by Gasteiger charge is 2.17. The summed E-state index contributed by atoms with van der Waals surface area (Å²) in [6.45, 7) is 7.21. The summed E-state index contributed by atoms with van der Waals surface area (Å²) in [5, 5.41) is 4.59. The van der Waals surface area contributed by atoms with Gasteiger partial charge in [0.15, 0.2) is 0 Å². The number of carbonyl (C=O) groups excluding carboxylic acids is 1. The van der Waals surface area contributed by atoms with Crippen LogP contribution < -0.4 is 11.0 Å². The highest BCUT2D eigenvalue weighted by Crippen LogP contribution is 2.21. The maximum atomic E-state index is 12.5. The minimum Gasteiger partial charge on any atom is -0.296 e. The van der Waals surface area contributed by atoms with Crippen molar-refractivity contribution in [3.8, 4) is 0 Å². The average molecular weight is 388 g/mol. The number of nitrogens with one attached hydrogen (secondary N) is 1. The number of fused-ring (bicyclic) bond motifs is 2. The summed E-state index contributed by atoms with van der Waals surface area (Å²) >= 11 is 0. The van der Waals surface area contributed by atoms with Crippen LogP contribution in [-0.2, 0) is 18.4 Å². The van der Waals surface area contributed by atoms with Gasteiger partial charge in [0.05, 0.1) is 17.1 Å². The third-order valence-electron chi connectivity index (χ3n) is 5.24. The number of hydrazone groups is 1. The summed E-state index contributed by atoms with van der Waals surface area (Å²) in [5.74, 6) is 0.452. The normalized spacial score (nSPS) is 13.8. The fourth-order valence-electron chi connectivity index (χ4n) is 3.52. The lowest BCUT2D eigenvalue weighted by Gasteiger charge is -2.18. The lowest BCUT2D eigenvalue weighted by Crippen LogP contribution is -2.22. The van der Waals surface area contributed by atoms with E-state index in [1.54, 1.807) is 29.0 Å². The first-order valence-electron chi connectivity index (χ1n) is 9.80. The van der Waals surface area contributed by atoms with E-state index < -0.39 is 0 Å². The predicted octanol–water partition coefficient (Wildman–Crippen LogP) is 3.40. The van der Waals surface area contributed by atoms with E-state index in [1.165, 1.54) is 5.56 Å². The molecular formula is C23H24N4O2. The second-order valence-corrected chi connectivity index (χ2v) is 8.39. The first-order valence-corrected chi connectivity index (χ1v) is 9.80. The van der Waals surface area contributed by atoms with Gasteiger partial charge in [-0.2, -0.15) is 5.10 Å². The van der Waals surface area contributed by atoms with E-state index in [4.69, 9.17) is 0 Å². The van der Waals surface area contributed by atoms with E-state index in [1.807, 2.05) is 12.1 Å². The van der Waals surface area contributed by atoms with E-state index in [-0.39, 0.29) is 16.9 Å². The van der Waals surface area contributed by atoms with Crippen molar-refractivity contribution in [1.29, 1.82) is 0 Å². The Balaban J connectivity index is 1.50. The molecule has 2 heterocycles. The van der Waals surface area contributed by atoms with E-state index in [0.29, 0.717) is 23.0 Å². The van der Waals surface area contributed by atoms with Gasteiger partial charge in [0.2, 0.25) is 0 Å². The van der Waals surface area contributed by atoms with Crippen molar-refractivity contribution in [3.05, 3.63) is 75.3 Å². The molecule has 0 radical (unpaired) electrons. The van der Waals surface area contributed by atoms with E-state index in [2.05, 4.69) is 48.4 Å². The van der Waals surface area contributed by atoms with Gasteiger partial charge >= 0.3 is 0 Å². The monoisotopic (exact) mass is 388 g/mol. The molecule has 6 heteroatoms. The maximum absolute atomic E-state index is 12.5. The zero-order valence-electron chi connectivity index (χ0n) is 16.9. The standard InChI is InChI=1S/C23H24N4O2/c1-23(2,3)17-9-6-15(7-10-17)14-24-26-21(28)16-8-11-18-19(13-16)25-20-5-4-12-27(20)22(18)29/h6-11,13-14H,4-5,12H2,1-3H3,(H,26,28)/b24-14-. The highest BCUT2D eigenvalue weighted by molar-refractivity contribution is 5.98. The van der Waals surface area contributed by atoms with Crippen LogP contribution in [0.2, 0.25) is 0 Å². The zero-order valence-corrected chi connectivity index (χ0v) is 16.9. The van der Waals surface area contributed by atoms with Gasteiger partial charge in [-0.15, -0.1) is 0 Å². The molecule has 0 saturated heterocycles. The Labute approximate surface area is 169 Å². The Morgan fingerprint density at radius 1 is 1.17 bits per heavy atom. The molecule has 0 saturated carbocycles. The Bertz CT molecular complexity index is 1170. The first-order chi connectivity index (χ1) is 13.8. The summed E-state index contributed by atoms with van der Waals surface area (Å²) in [5.41, 5.74) is 5.72. The molecule has 3 aromatic rings. The minimum atomic E-state index is -0.336. The number of benzene rings is 2. The largest absolute Gasteiger partial charge is 0.296 e. The van der Waals surface area contributed by atoms with Crippen molar-refractivity contribution in [2.75, 3.05) is 0 Å². The van der Waals surface area contributed by atoms with Crippen LogP contribution in [0, 0.1) is 0 Å². The van der Waals surface area contributed by atoms with E-state index >= 15 is 0 Å². The van der Waals surface area contributed by atoms with E-state index in [9.17, 15) is 9.59 Å². The highest BCUT2D eigenvalue weighted by atomic mass is 16.2. The fraction of sp³-hybridized carbons (Fsp3) is 0.304. The minimum absolute atomic E-state index is 0.0359. The zero-order chi connectivity index (χ0) is 20.6. The Hall–Kier alpha value is -3.28. The lowest BCUT2D eigenvalue weighted by molar-refractivity contribution is 0.0955. The van der Waals surface area contributed by atoms with Crippen LogP contribution in [-0.4, -0.2) is 21.7 Å². The number of rotatable bonds is 3. The van der Waals surface area contributed by atoms with Crippen LogP contribution in [0.15, 0.2) is 52.4 Å². The van der Waals surface area contributed by atoms with Gasteiger partial charge in [-0.3, -0.25) is 14.2 Å². The Morgan fingerprint density at radius 2 is 1.93 bits per heavy atom. The number of hydrogen-bond acceptors (Lipinski definition) is 4. The van der Waals surface area contributed by atoms with Crippen LogP contribution >= 0.6 is 0 Å². The number of aryl methyl sites for hydroxylation is 1. The molecule has 1 aliphatic heterocycles. The molecule has 0 spiro atoms. The molecule has 0 fully saturated rings. The molecule has 1 N–H and O–H groups in total. The van der Waals surface area contributed by atoms with Crippen molar-refractivity contribution in [2.24, 2.45) is 5.10 Å².